The minimum absolute atomic E-state index is 0.245. The number of amides is 1. The van der Waals surface area contributed by atoms with Crippen LogP contribution in [0.2, 0.25) is 0 Å². The van der Waals surface area contributed by atoms with E-state index in [0.717, 1.165) is 18.5 Å². The Morgan fingerprint density at radius 3 is 2.93 bits per heavy atom. The second kappa shape index (κ2) is 8.66. The summed E-state index contributed by atoms with van der Waals surface area (Å²) in [4.78, 5) is 29.2. The number of rotatable bonds is 6. The Bertz CT molecular complexity index is 1100. The van der Waals surface area contributed by atoms with Gasteiger partial charge in [-0.2, -0.15) is 0 Å². The molecule has 0 aliphatic carbocycles. The lowest BCUT2D eigenvalue weighted by molar-refractivity contribution is -0.123. The van der Waals surface area contributed by atoms with Gasteiger partial charge in [0.15, 0.2) is 12.3 Å². The van der Waals surface area contributed by atoms with Crippen LogP contribution in [0.25, 0.3) is 5.65 Å². The standard InChI is InChI=1S/C21H23FN4O4/c1-13(23-20(27)12-30-16-4-2-3-15(22)9-16)17-11-21(28)26-19(24-17)10-18(25-26)14-5-7-29-8-6-14/h2-4,9-11,13-14,25H,5-8,12H2,1H3,(H,23,27)/t13-/m0/s1. The number of ether oxygens (including phenoxy) is 2. The van der Waals surface area contributed by atoms with Gasteiger partial charge in [-0.05, 0) is 31.9 Å². The lowest BCUT2D eigenvalue weighted by atomic mass is 9.97. The number of hydrogen-bond donors (Lipinski definition) is 2. The number of H-pyrrole nitrogens is 1. The van der Waals surface area contributed by atoms with Crippen molar-refractivity contribution in [2.45, 2.75) is 31.7 Å². The first-order valence-corrected chi connectivity index (χ1v) is 9.87. The molecule has 1 aliphatic heterocycles. The molecule has 1 saturated heterocycles. The molecule has 8 nitrogen and oxygen atoms in total. The van der Waals surface area contributed by atoms with Gasteiger partial charge in [0.2, 0.25) is 0 Å². The Morgan fingerprint density at radius 2 is 2.17 bits per heavy atom. The largest absolute Gasteiger partial charge is 0.484 e. The first kappa shape index (κ1) is 20.1. The smallest absolute Gasteiger partial charge is 0.272 e. The van der Waals surface area contributed by atoms with E-state index in [1.54, 1.807) is 13.0 Å². The lowest BCUT2D eigenvalue weighted by Crippen LogP contribution is -2.32. The van der Waals surface area contributed by atoms with Crippen LogP contribution in [0.4, 0.5) is 4.39 Å². The first-order valence-electron chi connectivity index (χ1n) is 9.87. The molecule has 0 spiro atoms. The predicted octanol–water partition coefficient (Wildman–Crippen LogP) is 2.31. The van der Waals surface area contributed by atoms with Crippen molar-refractivity contribution in [3.8, 4) is 5.75 Å². The number of nitrogens with one attached hydrogen (secondary N) is 2. The van der Waals surface area contributed by atoms with E-state index in [1.807, 2.05) is 6.07 Å². The number of hydrogen-bond acceptors (Lipinski definition) is 5. The quantitative estimate of drug-likeness (QED) is 0.645. The highest BCUT2D eigenvalue weighted by molar-refractivity contribution is 5.77. The third kappa shape index (κ3) is 4.51. The van der Waals surface area contributed by atoms with Crippen molar-refractivity contribution in [1.29, 1.82) is 0 Å². The number of fused-ring (bicyclic) bond motifs is 1. The van der Waals surface area contributed by atoms with Crippen molar-refractivity contribution < 1.29 is 18.7 Å². The summed E-state index contributed by atoms with van der Waals surface area (Å²) in [5.74, 6) is -0.263. The highest BCUT2D eigenvalue weighted by Gasteiger charge is 2.20. The molecule has 0 bridgehead atoms. The summed E-state index contributed by atoms with van der Waals surface area (Å²) in [6, 6.07) is 8.35. The van der Waals surface area contributed by atoms with Gasteiger partial charge in [-0.15, -0.1) is 0 Å². The zero-order valence-electron chi connectivity index (χ0n) is 16.6. The Balaban J connectivity index is 1.44. The fourth-order valence-corrected chi connectivity index (χ4v) is 3.53. The van der Waals surface area contributed by atoms with Crippen LogP contribution in [0.3, 0.4) is 0 Å². The highest BCUT2D eigenvalue weighted by atomic mass is 19.1. The molecule has 3 heterocycles. The Labute approximate surface area is 172 Å². The predicted molar refractivity (Wildman–Crippen MR) is 107 cm³/mol. The lowest BCUT2D eigenvalue weighted by Gasteiger charge is -2.20. The topological polar surface area (TPSA) is 97.7 Å². The zero-order chi connectivity index (χ0) is 21.1. The van der Waals surface area contributed by atoms with E-state index in [2.05, 4.69) is 15.4 Å². The van der Waals surface area contributed by atoms with Gasteiger partial charge in [0.25, 0.3) is 11.5 Å². The van der Waals surface area contributed by atoms with Gasteiger partial charge in [-0.3, -0.25) is 14.7 Å². The van der Waals surface area contributed by atoms with Gasteiger partial charge in [0, 0.05) is 43.0 Å². The van der Waals surface area contributed by atoms with Crippen molar-refractivity contribution in [1.82, 2.24) is 19.9 Å². The van der Waals surface area contributed by atoms with Crippen LogP contribution in [-0.2, 0) is 9.53 Å². The molecule has 2 N–H and O–H groups in total. The molecule has 2 aromatic heterocycles. The van der Waals surface area contributed by atoms with Gasteiger partial charge in [0.1, 0.15) is 11.6 Å². The Morgan fingerprint density at radius 1 is 1.37 bits per heavy atom. The summed E-state index contributed by atoms with van der Waals surface area (Å²) in [6.45, 7) is 2.88. The summed E-state index contributed by atoms with van der Waals surface area (Å²) < 4.78 is 25.3. The number of benzene rings is 1. The molecular weight excluding hydrogens is 391 g/mol. The molecule has 158 valence electrons. The molecule has 0 radical (unpaired) electrons. The van der Waals surface area contributed by atoms with E-state index in [1.165, 1.54) is 28.8 Å². The zero-order valence-corrected chi connectivity index (χ0v) is 16.6. The van der Waals surface area contributed by atoms with Crippen molar-refractivity contribution in [2.75, 3.05) is 19.8 Å². The molecular formula is C21H23FN4O4. The molecule has 1 aliphatic rings. The van der Waals surface area contributed by atoms with Crippen molar-refractivity contribution in [2.24, 2.45) is 0 Å². The molecule has 1 amide bonds. The third-order valence-corrected chi connectivity index (χ3v) is 5.14. The van der Waals surface area contributed by atoms with Gasteiger partial charge >= 0.3 is 0 Å². The monoisotopic (exact) mass is 414 g/mol. The number of halogens is 1. The minimum atomic E-state index is -0.493. The molecule has 1 aromatic carbocycles. The summed E-state index contributed by atoms with van der Waals surface area (Å²) >= 11 is 0. The number of carbonyl (C=O) groups is 1. The van der Waals surface area contributed by atoms with E-state index in [4.69, 9.17) is 9.47 Å². The van der Waals surface area contributed by atoms with Crippen LogP contribution in [0, 0.1) is 5.82 Å². The van der Waals surface area contributed by atoms with E-state index in [0.29, 0.717) is 30.5 Å². The second-order valence-electron chi connectivity index (χ2n) is 7.35. The normalized spacial score (nSPS) is 15.8. The van der Waals surface area contributed by atoms with E-state index in [9.17, 15) is 14.0 Å². The Kier molecular flexibility index (Phi) is 5.80. The second-order valence-corrected chi connectivity index (χ2v) is 7.35. The summed E-state index contributed by atoms with van der Waals surface area (Å²) in [7, 11) is 0. The van der Waals surface area contributed by atoms with Crippen LogP contribution >= 0.6 is 0 Å². The van der Waals surface area contributed by atoms with Crippen LogP contribution in [0.5, 0.6) is 5.75 Å². The SMILES string of the molecule is C[C@H](NC(=O)COc1cccc(F)c1)c1cc(=O)n2[nH]c(C3CCOCC3)cc2n1. The minimum Gasteiger partial charge on any atom is -0.484 e. The molecule has 1 fully saturated rings. The molecule has 30 heavy (non-hydrogen) atoms. The van der Waals surface area contributed by atoms with Gasteiger partial charge in [-0.1, -0.05) is 6.07 Å². The molecule has 1 atom stereocenters. The van der Waals surface area contributed by atoms with Crippen molar-refractivity contribution in [3.63, 3.8) is 0 Å². The molecule has 0 unspecified atom stereocenters. The van der Waals surface area contributed by atoms with Crippen molar-refractivity contribution in [3.05, 3.63) is 64.0 Å². The number of aromatic nitrogens is 3. The van der Waals surface area contributed by atoms with Crippen molar-refractivity contribution >= 4 is 11.6 Å². The van der Waals surface area contributed by atoms with Crippen LogP contribution < -0.4 is 15.6 Å². The summed E-state index contributed by atoms with van der Waals surface area (Å²) in [6.07, 6.45) is 1.79. The van der Waals surface area contributed by atoms with Crippen LogP contribution in [0.1, 0.15) is 43.1 Å². The van der Waals surface area contributed by atoms with E-state index >= 15 is 0 Å². The fourth-order valence-electron chi connectivity index (χ4n) is 3.53. The van der Waals surface area contributed by atoms with Gasteiger partial charge in [0.05, 0.1) is 11.7 Å². The fraction of sp³-hybridized carbons (Fsp3) is 0.381. The highest BCUT2D eigenvalue weighted by Crippen LogP contribution is 2.26. The number of nitrogens with zero attached hydrogens (tertiary/aromatic N) is 2. The Hall–Kier alpha value is -3.20. The third-order valence-electron chi connectivity index (χ3n) is 5.14. The first-order chi connectivity index (χ1) is 14.5. The summed E-state index contributed by atoms with van der Waals surface area (Å²) in [5.41, 5.74) is 1.68. The number of carbonyl (C=O) groups excluding carboxylic acids is 1. The van der Waals surface area contributed by atoms with E-state index in [-0.39, 0.29) is 17.9 Å². The summed E-state index contributed by atoms with van der Waals surface area (Å²) in [5, 5.41) is 5.88. The molecule has 4 rings (SSSR count). The maximum absolute atomic E-state index is 13.2. The van der Waals surface area contributed by atoms with Crippen LogP contribution in [0.15, 0.2) is 41.2 Å². The average molecular weight is 414 g/mol. The average Bonchev–Trinajstić information content (AvgIpc) is 3.18. The van der Waals surface area contributed by atoms with Gasteiger partial charge < -0.3 is 14.8 Å². The molecule has 0 saturated carbocycles. The number of aromatic amines is 1. The maximum atomic E-state index is 13.2. The maximum Gasteiger partial charge on any atom is 0.272 e. The van der Waals surface area contributed by atoms with E-state index < -0.39 is 17.8 Å². The van der Waals surface area contributed by atoms with Gasteiger partial charge in [-0.25, -0.2) is 13.9 Å². The molecule has 3 aromatic rings. The molecule has 9 heteroatoms. The van der Waals surface area contributed by atoms with Crippen LogP contribution in [-0.4, -0.2) is 40.3 Å².